The molecule has 3 rings (SSSR count). The third-order valence-corrected chi connectivity index (χ3v) is 4.76. The number of piperazine rings is 1. The van der Waals surface area contributed by atoms with E-state index in [4.69, 9.17) is 16.7 Å². The van der Waals surface area contributed by atoms with Crippen molar-refractivity contribution >= 4 is 40.1 Å². The van der Waals surface area contributed by atoms with Crippen LogP contribution in [0.2, 0.25) is 5.15 Å². The van der Waals surface area contributed by atoms with Crippen molar-refractivity contribution in [3.8, 4) is 0 Å². The maximum absolute atomic E-state index is 11.5. The molecule has 102 valence electrons. The van der Waals surface area contributed by atoms with Gasteiger partial charge in [0.2, 0.25) is 0 Å². The summed E-state index contributed by atoms with van der Waals surface area (Å²) in [5, 5.41) is 12.4. The van der Waals surface area contributed by atoms with Crippen molar-refractivity contribution in [1.29, 1.82) is 0 Å². The number of halogens is 1. The van der Waals surface area contributed by atoms with Gasteiger partial charge in [0.15, 0.2) is 15.2 Å². The largest absolute Gasteiger partial charge is 0.477 e. The van der Waals surface area contributed by atoms with Crippen molar-refractivity contribution in [1.82, 2.24) is 15.2 Å². The molecule has 2 aliphatic rings. The molecule has 9 heteroatoms. The third kappa shape index (κ3) is 2.10. The van der Waals surface area contributed by atoms with E-state index < -0.39 is 5.97 Å². The van der Waals surface area contributed by atoms with Crippen molar-refractivity contribution < 1.29 is 14.7 Å². The van der Waals surface area contributed by atoms with Crippen molar-refractivity contribution in [2.75, 3.05) is 31.1 Å². The minimum atomic E-state index is -1.06. The van der Waals surface area contributed by atoms with Crippen molar-refractivity contribution in [2.45, 2.75) is 6.04 Å². The van der Waals surface area contributed by atoms with E-state index in [1.165, 1.54) is 0 Å². The average molecular weight is 303 g/mol. The van der Waals surface area contributed by atoms with E-state index in [9.17, 15) is 9.59 Å². The molecule has 0 aliphatic carbocycles. The second kappa shape index (κ2) is 4.53. The van der Waals surface area contributed by atoms with Gasteiger partial charge in [0.1, 0.15) is 0 Å². The molecule has 2 aliphatic heterocycles. The average Bonchev–Trinajstić information content (AvgIpc) is 2.93. The van der Waals surface area contributed by atoms with Crippen LogP contribution in [0.5, 0.6) is 0 Å². The van der Waals surface area contributed by atoms with E-state index in [0.29, 0.717) is 31.3 Å². The van der Waals surface area contributed by atoms with E-state index >= 15 is 0 Å². The molecule has 7 nitrogen and oxygen atoms in total. The normalized spacial score (nSPS) is 22.4. The fraction of sp³-hybridized carbons (Fsp3) is 0.500. The number of carbonyl (C=O) groups is 2. The standard InChI is InChI=1S/C10H11ClN4O3S/c11-7-6(8(16)17)19-10(13-7)14-1-2-15-5(4-14)3-12-9(15)18/h5H,1-4H2,(H,12,18)(H,16,17). The number of aromatic carboxylic acids is 1. The summed E-state index contributed by atoms with van der Waals surface area (Å²) in [7, 11) is 0. The van der Waals surface area contributed by atoms with Crippen LogP contribution in [0.25, 0.3) is 0 Å². The molecule has 0 bridgehead atoms. The van der Waals surface area contributed by atoms with Gasteiger partial charge >= 0.3 is 12.0 Å². The van der Waals surface area contributed by atoms with E-state index in [-0.39, 0.29) is 22.1 Å². The van der Waals surface area contributed by atoms with Gasteiger partial charge in [0, 0.05) is 26.2 Å². The Kier molecular flexibility index (Phi) is 2.98. The van der Waals surface area contributed by atoms with Crippen LogP contribution in [0.15, 0.2) is 0 Å². The number of nitrogens with one attached hydrogen (secondary N) is 1. The molecule has 0 radical (unpaired) electrons. The fourth-order valence-electron chi connectivity index (χ4n) is 2.34. The lowest BCUT2D eigenvalue weighted by atomic mass is 10.2. The van der Waals surface area contributed by atoms with Crippen LogP contribution in [0, 0.1) is 0 Å². The highest BCUT2D eigenvalue weighted by Gasteiger charge is 2.36. The molecule has 0 aromatic carbocycles. The highest BCUT2D eigenvalue weighted by molar-refractivity contribution is 7.18. The Hall–Kier alpha value is -1.54. The summed E-state index contributed by atoms with van der Waals surface area (Å²) < 4.78 is 0. The first kappa shape index (κ1) is 12.5. The number of carboxylic acids is 1. The van der Waals surface area contributed by atoms with Gasteiger partial charge in [-0.25, -0.2) is 14.6 Å². The SMILES string of the molecule is O=C(O)c1sc(N2CCN3C(=O)NCC3C2)nc1Cl. The third-order valence-electron chi connectivity index (χ3n) is 3.27. The molecule has 0 spiro atoms. The van der Waals surface area contributed by atoms with Gasteiger partial charge < -0.3 is 20.2 Å². The van der Waals surface area contributed by atoms with Crippen LogP contribution in [-0.2, 0) is 0 Å². The number of nitrogens with zero attached hydrogens (tertiary/aromatic N) is 3. The molecule has 0 saturated carbocycles. The summed E-state index contributed by atoms with van der Waals surface area (Å²) in [6.07, 6.45) is 0. The van der Waals surface area contributed by atoms with Crippen molar-refractivity contribution in [3.05, 3.63) is 10.0 Å². The van der Waals surface area contributed by atoms with Gasteiger partial charge in [-0.05, 0) is 0 Å². The molecule has 19 heavy (non-hydrogen) atoms. The zero-order chi connectivity index (χ0) is 13.6. The van der Waals surface area contributed by atoms with Gasteiger partial charge in [-0.3, -0.25) is 0 Å². The van der Waals surface area contributed by atoms with Crippen LogP contribution in [0.4, 0.5) is 9.93 Å². The molecular formula is C10H11ClN4O3S. The van der Waals surface area contributed by atoms with Crippen LogP contribution in [-0.4, -0.2) is 59.2 Å². The number of hydrogen-bond acceptors (Lipinski definition) is 5. The quantitative estimate of drug-likeness (QED) is 0.840. The van der Waals surface area contributed by atoms with E-state index in [1.54, 1.807) is 4.90 Å². The first-order valence-corrected chi connectivity index (χ1v) is 6.94. The highest BCUT2D eigenvalue weighted by Crippen LogP contribution is 2.31. The van der Waals surface area contributed by atoms with Crippen LogP contribution in [0.3, 0.4) is 0 Å². The lowest BCUT2D eigenvalue weighted by molar-refractivity contribution is 0.0702. The molecule has 2 fully saturated rings. The number of aromatic nitrogens is 1. The zero-order valence-electron chi connectivity index (χ0n) is 9.80. The summed E-state index contributed by atoms with van der Waals surface area (Å²) in [5.41, 5.74) is 0. The second-order valence-corrected chi connectivity index (χ2v) is 5.74. The van der Waals surface area contributed by atoms with Gasteiger partial charge in [-0.15, -0.1) is 0 Å². The monoisotopic (exact) mass is 302 g/mol. The maximum atomic E-state index is 11.5. The van der Waals surface area contributed by atoms with Crippen LogP contribution >= 0.6 is 22.9 Å². The maximum Gasteiger partial charge on any atom is 0.349 e. The minimum absolute atomic E-state index is 0.0237. The first-order valence-electron chi connectivity index (χ1n) is 5.75. The Morgan fingerprint density at radius 2 is 2.32 bits per heavy atom. The second-order valence-electron chi connectivity index (χ2n) is 4.40. The lowest BCUT2D eigenvalue weighted by Crippen LogP contribution is -2.52. The molecule has 3 heterocycles. The predicted octanol–water partition coefficient (Wildman–Crippen LogP) is 0.708. The van der Waals surface area contributed by atoms with Gasteiger partial charge in [-0.2, -0.15) is 0 Å². The Morgan fingerprint density at radius 3 is 3.00 bits per heavy atom. The minimum Gasteiger partial charge on any atom is -0.477 e. The van der Waals surface area contributed by atoms with Crippen molar-refractivity contribution in [2.24, 2.45) is 0 Å². The Balaban J connectivity index is 1.79. The van der Waals surface area contributed by atoms with Crippen LogP contribution in [0.1, 0.15) is 9.67 Å². The van der Waals surface area contributed by atoms with E-state index in [0.717, 1.165) is 11.3 Å². The molecule has 2 N–H and O–H groups in total. The first-order chi connectivity index (χ1) is 9.06. The van der Waals surface area contributed by atoms with Crippen LogP contribution < -0.4 is 10.2 Å². The molecule has 1 aromatic rings. The molecule has 1 unspecified atom stereocenters. The summed E-state index contributed by atoms with van der Waals surface area (Å²) >= 11 is 6.88. The predicted molar refractivity (Wildman–Crippen MR) is 70.2 cm³/mol. The molecule has 1 atom stereocenters. The Labute approximate surface area is 117 Å². The fourth-order valence-corrected chi connectivity index (χ4v) is 3.49. The molecule has 2 amide bonds. The summed E-state index contributed by atoms with van der Waals surface area (Å²) in [4.78, 5) is 30.4. The number of carboxylic acid groups (broad SMARTS) is 1. The molecule has 2 saturated heterocycles. The Bertz CT molecular complexity index is 549. The number of fused-ring (bicyclic) bond motifs is 1. The highest BCUT2D eigenvalue weighted by atomic mass is 35.5. The summed E-state index contributed by atoms with van der Waals surface area (Å²) in [5.74, 6) is -1.06. The molecular weight excluding hydrogens is 292 g/mol. The number of carbonyl (C=O) groups excluding carboxylic acids is 1. The number of urea groups is 1. The van der Waals surface area contributed by atoms with Crippen molar-refractivity contribution in [3.63, 3.8) is 0 Å². The summed E-state index contributed by atoms with van der Waals surface area (Å²) in [6.45, 7) is 2.49. The number of thiazole rings is 1. The summed E-state index contributed by atoms with van der Waals surface area (Å²) in [6, 6.07) is 0.0743. The van der Waals surface area contributed by atoms with Gasteiger partial charge in [-0.1, -0.05) is 22.9 Å². The van der Waals surface area contributed by atoms with Gasteiger partial charge in [0.25, 0.3) is 0 Å². The zero-order valence-corrected chi connectivity index (χ0v) is 11.4. The molecule has 1 aromatic heterocycles. The number of rotatable bonds is 2. The van der Waals surface area contributed by atoms with E-state index in [1.807, 2.05) is 4.90 Å². The lowest BCUT2D eigenvalue weighted by Gasteiger charge is -2.36. The Morgan fingerprint density at radius 1 is 1.53 bits per heavy atom. The topological polar surface area (TPSA) is 85.8 Å². The van der Waals surface area contributed by atoms with E-state index in [2.05, 4.69) is 10.3 Å². The number of amides is 2. The smallest absolute Gasteiger partial charge is 0.349 e. The number of anilines is 1. The number of hydrogen-bond donors (Lipinski definition) is 2. The van der Waals surface area contributed by atoms with Gasteiger partial charge in [0.05, 0.1) is 6.04 Å².